The molecule has 6 atom stereocenters. The molecule has 1 aromatic heterocycles. The van der Waals surface area contributed by atoms with Crippen LogP contribution >= 0.6 is 11.6 Å². The molecule has 8 rings (SSSR count). The second-order valence-corrected chi connectivity index (χ2v) is 19.9. The lowest BCUT2D eigenvalue weighted by atomic mass is 9.68. The maximum atomic E-state index is 14.8. The number of methoxy groups -OCH3 is 1. The standard InChI is InChI=1S/C45H56ClN5O8S/c1-29-6-4-8-39(59-41(52)16-9-30-17-20-57-21-18-30)35-13-10-33(35)24-51-27-45(19-5-7-31-22-34(46)12-14-37(31)45)28-58-40-15-11-32(23-38(40)51)42(53)48-60(55,26-29)49-43(54)36-25-50(2)47-44(36)56-3/h4,8,11-12,14-15,22-23,25,29-30,33,35,39H,5-7,9-10,13,16-21,24,26-28H2,1-3H3,(H,48,49,53,54,55)/b8-4-/t29-,33-,35+,39-,45-,60?/m0/s1. The van der Waals surface area contributed by atoms with Crippen molar-refractivity contribution in [2.24, 2.45) is 35.1 Å². The summed E-state index contributed by atoms with van der Waals surface area (Å²) < 4.78 is 47.0. The van der Waals surface area contributed by atoms with Crippen LogP contribution in [-0.4, -0.2) is 83.6 Å². The lowest BCUT2D eigenvalue weighted by molar-refractivity contribution is -0.152. The van der Waals surface area contributed by atoms with Gasteiger partial charge in [-0.15, -0.1) is 9.46 Å². The van der Waals surface area contributed by atoms with Crippen molar-refractivity contribution in [3.05, 3.63) is 82.0 Å². The number of aromatic nitrogens is 2. The molecule has 2 amide bonds. The van der Waals surface area contributed by atoms with Crippen molar-refractivity contribution >= 4 is 45.0 Å². The highest BCUT2D eigenvalue weighted by molar-refractivity contribution is 7.92. The van der Waals surface area contributed by atoms with Crippen molar-refractivity contribution < 1.29 is 37.5 Å². The molecule has 15 heteroatoms. The van der Waals surface area contributed by atoms with Crippen molar-refractivity contribution in [1.82, 2.24) is 14.5 Å². The summed E-state index contributed by atoms with van der Waals surface area (Å²) in [7, 11) is -0.648. The molecular weight excluding hydrogens is 806 g/mol. The van der Waals surface area contributed by atoms with Crippen LogP contribution < -0.4 is 19.1 Å². The Morgan fingerprint density at radius 3 is 2.73 bits per heavy atom. The van der Waals surface area contributed by atoms with Crippen LogP contribution in [0.3, 0.4) is 0 Å². The molecule has 13 nitrogen and oxygen atoms in total. The van der Waals surface area contributed by atoms with Crippen molar-refractivity contribution in [2.75, 3.05) is 50.7 Å². The summed E-state index contributed by atoms with van der Waals surface area (Å²) in [5.41, 5.74) is 3.15. The molecule has 2 bridgehead atoms. The molecule has 1 spiro atoms. The Bertz CT molecular complexity index is 2260. The van der Waals surface area contributed by atoms with E-state index in [2.05, 4.69) is 31.2 Å². The van der Waals surface area contributed by atoms with Crippen molar-refractivity contribution in [1.29, 1.82) is 0 Å². The van der Waals surface area contributed by atoms with E-state index in [0.29, 0.717) is 49.2 Å². The van der Waals surface area contributed by atoms with Crippen LogP contribution in [0.1, 0.15) is 96.6 Å². The Labute approximate surface area is 357 Å². The number of fused-ring (bicyclic) bond motifs is 4. The van der Waals surface area contributed by atoms with Crippen LogP contribution in [0.2, 0.25) is 5.02 Å². The Hall–Kier alpha value is -4.40. The first-order valence-electron chi connectivity index (χ1n) is 21.3. The monoisotopic (exact) mass is 861 g/mol. The predicted molar refractivity (Wildman–Crippen MR) is 229 cm³/mol. The lowest BCUT2D eigenvalue weighted by Gasteiger charge is -2.46. The van der Waals surface area contributed by atoms with Gasteiger partial charge in [0.25, 0.3) is 11.8 Å². The summed E-state index contributed by atoms with van der Waals surface area (Å²) in [4.78, 5) is 43.8. The number of esters is 1. The molecule has 1 saturated carbocycles. The highest BCUT2D eigenvalue weighted by Crippen LogP contribution is 2.47. The minimum absolute atomic E-state index is 0.0588. The largest absolute Gasteiger partial charge is 0.490 e. The first kappa shape index (κ1) is 42.3. The van der Waals surface area contributed by atoms with Gasteiger partial charge in [-0.3, -0.25) is 23.8 Å². The number of amides is 2. The van der Waals surface area contributed by atoms with Gasteiger partial charge in [0.05, 0.1) is 25.2 Å². The van der Waals surface area contributed by atoms with Gasteiger partial charge in [0.2, 0.25) is 5.88 Å². The van der Waals surface area contributed by atoms with Gasteiger partial charge in [0.15, 0.2) is 0 Å². The van der Waals surface area contributed by atoms with E-state index in [1.54, 1.807) is 25.2 Å². The van der Waals surface area contributed by atoms with E-state index in [-0.39, 0.29) is 51.9 Å². The number of halogens is 1. The minimum atomic E-state index is -3.69. The van der Waals surface area contributed by atoms with E-state index in [1.165, 1.54) is 29.1 Å². The van der Waals surface area contributed by atoms with Crippen molar-refractivity contribution in [3.63, 3.8) is 0 Å². The first-order chi connectivity index (χ1) is 28.9. The van der Waals surface area contributed by atoms with Gasteiger partial charge in [0.1, 0.15) is 27.3 Å². The Morgan fingerprint density at radius 2 is 1.95 bits per heavy atom. The summed E-state index contributed by atoms with van der Waals surface area (Å²) in [5, 5.41) is 4.88. The molecule has 2 aromatic carbocycles. The predicted octanol–water partition coefficient (Wildman–Crippen LogP) is 7.25. The van der Waals surface area contributed by atoms with Gasteiger partial charge >= 0.3 is 5.97 Å². The molecule has 2 aliphatic carbocycles. The average molecular weight is 862 g/mol. The summed E-state index contributed by atoms with van der Waals surface area (Å²) in [5.74, 6) is -0.582. The fourth-order valence-corrected chi connectivity index (χ4v) is 11.9. The fraction of sp³-hybridized carbons (Fsp3) is 0.556. The smallest absolute Gasteiger partial charge is 0.306 e. The third kappa shape index (κ3) is 9.25. The highest BCUT2D eigenvalue weighted by Gasteiger charge is 2.45. The van der Waals surface area contributed by atoms with E-state index in [9.17, 15) is 18.6 Å². The zero-order valence-corrected chi connectivity index (χ0v) is 36.3. The molecule has 1 N–H and O–H groups in total. The Balaban J connectivity index is 1.16. The van der Waals surface area contributed by atoms with Gasteiger partial charge < -0.3 is 23.8 Å². The van der Waals surface area contributed by atoms with Crippen molar-refractivity contribution in [2.45, 2.75) is 82.7 Å². The number of allylic oxidation sites excluding steroid dienone is 1. The fourth-order valence-electron chi connectivity index (χ4n) is 9.78. The van der Waals surface area contributed by atoms with E-state index in [0.717, 1.165) is 70.3 Å². The van der Waals surface area contributed by atoms with E-state index < -0.39 is 27.8 Å². The Kier molecular flexibility index (Phi) is 12.6. The number of aryl methyl sites for hydroxylation is 2. The van der Waals surface area contributed by atoms with Gasteiger partial charge in [-0.2, -0.15) is 0 Å². The summed E-state index contributed by atoms with van der Waals surface area (Å²) >= 11 is 6.51. The maximum absolute atomic E-state index is 14.8. The molecule has 3 aliphatic heterocycles. The Morgan fingerprint density at radius 1 is 1.12 bits per heavy atom. The zero-order chi connectivity index (χ0) is 42.0. The number of carbonyl (C=O) groups excluding carboxylic acids is 3. The van der Waals surface area contributed by atoms with Crippen LogP contribution in [0, 0.1) is 23.7 Å². The minimum Gasteiger partial charge on any atom is -0.490 e. The molecule has 60 heavy (non-hydrogen) atoms. The molecule has 4 heterocycles. The van der Waals surface area contributed by atoms with Crippen LogP contribution in [-0.2, 0) is 43.1 Å². The molecule has 3 aromatic rings. The van der Waals surface area contributed by atoms with Crippen molar-refractivity contribution in [3.8, 4) is 11.6 Å². The molecule has 5 aliphatic rings. The number of ether oxygens (including phenoxy) is 4. The molecular formula is C45H56ClN5O8S. The van der Waals surface area contributed by atoms with Crippen LogP contribution in [0.15, 0.2) is 59.1 Å². The highest BCUT2D eigenvalue weighted by atomic mass is 35.5. The summed E-state index contributed by atoms with van der Waals surface area (Å²) in [6.45, 7) is 5.10. The van der Waals surface area contributed by atoms with Gasteiger partial charge in [-0.1, -0.05) is 30.7 Å². The summed E-state index contributed by atoms with van der Waals surface area (Å²) in [6, 6.07) is 11.4. The van der Waals surface area contributed by atoms with Crippen LogP contribution in [0.25, 0.3) is 0 Å². The number of anilines is 1. The molecule has 2 fully saturated rings. The van der Waals surface area contributed by atoms with E-state index >= 15 is 0 Å². The quantitative estimate of drug-likeness (QED) is 0.190. The molecule has 0 radical (unpaired) electrons. The number of hydrogen-bond donors (Lipinski definition) is 1. The second-order valence-electron chi connectivity index (χ2n) is 17.5. The SMILES string of the molecule is COc1nn(C)cc1C(=O)NS1(=O)=NC(=O)c2ccc3c(c2)N(C[C@@H]2CC[C@H]2[C@@H](OC(=O)CCC2CCOCC2)/C=C\C[C@H](C)C1)C[C@@]1(CCCc2cc(Cl)ccc21)CO3. The maximum Gasteiger partial charge on any atom is 0.306 e. The number of benzene rings is 2. The topological polar surface area (TPSA) is 151 Å². The number of hydrogen-bond acceptors (Lipinski definition) is 10. The number of nitrogens with one attached hydrogen (secondary N) is 1. The molecule has 1 unspecified atom stereocenters. The molecule has 1 saturated heterocycles. The van der Waals surface area contributed by atoms with Crippen LogP contribution in [0.5, 0.6) is 11.6 Å². The lowest BCUT2D eigenvalue weighted by Crippen LogP contribution is -2.50. The van der Waals surface area contributed by atoms with Gasteiger partial charge in [0, 0.05) is 67.9 Å². The summed E-state index contributed by atoms with van der Waals surface area (Å²) in [6.07, 6.45) is 13.2. The number of rotatable bonds is 7. The van der Waals surface area contributed by atoms with Gasteiger partial charge in [-0.05, 0) is 123 Å². The number of carbonyl (C=O) groups is 3. The van der Waals surface area contributed by atoms with E-state index in [1.807, 2.05) is 25.1 Å². The average Bonchev–Trinajstić information content (AvgIpc) is 3.53. The normalized spacial score (nSPS) is 28.8. The third-order valence-electron chi connectivity index (χ3n) is 13.1. The van der Waals surface area contributed by atoms with Crippen LogP contribution in [0.4, 0.5) is 5.69 Å². The van der Waals surface area contributed by atoms with E-state index in [4.69, 9.17) is 30.5 Å². The third-order valence-corrected chi connectivity index (χ3v) is 15.3. The second kappa shape index (κ2) is 17.9. The first-order valence-corrected chi connectivity index (χ1v) is 23.4. The molecule has 322 valence electrons. The zero-order valence-electron chi connectivity index (χ0n) is 34.7. The van der Waals surface area contributed by atoms with Gasteiger partial charge in [-0.25, -0.2) is 4.21 Å². The number of nitrogens with zero attached hydrogens (tertiary/aromatic N) is 4.